The molecule has 1 unspecified atom stereocenters. The van der Waals surface area contributed by atoms with E-state index in [4.69, 9.17) is 4.74 Å². The number of hydrogen-bond donors (Lipinski definition) is 0. The van der Waals surface area contributed by atoms with Gasteiger partial charge in [0.1, 0.15) is 0 Å². The molecular formula is C16H28NO3-. The van der Waals surface area contributed by atoms with E-state index in [1.54, 1.807) is 6.92 Å². The second kappa shape index (κ2) is 7.67. The lowest BCUT2D eigenvalue weighted by Crippen LogP contribution is -2.57. The molecule has 1 saturated heterocycles. The molecule has 0 N–H and O–H groups in total. The average Bonchev–Trinajstić information content (AvgIpc) is 2.38. The van der Waals surface area contributed by atoms with Crippen LogP contribution in [0.3, 0.4) is 0 Å². The first kappa shape index (κ1) is 17.0. The summed E-state index contributed by atoms with van der Waals surface area (Å²) in [5.41, 5.74) is -1.19. The number of likely N-dealkylation sites (tertiary alicyclic amines) is 1. The number of nitrogens with zero attached hydrogens (tertiary/aromatic N) is 1. The largest absolute Gasteiger partial charge is 0.546 e. The van der Waals surface area contributed by atoms with Crippen LogP contribution in [-0.4, -0.2) is 36.6 Å². The number of unbranched alkanes of at least 4 members (excludes halogenated alkanes) is 2. The molecule has 1 rings (SSSR count). The van der Waals surface area contributed by atoms with Gasteiger partial charge in [0.2, 0.25) is 0 Å². The Morgan fingerprint density at radius 2 is 2.00 bits per heavy atom. The SMILES string of the molecule is C=C(C)OC(CCCCC)(C(=O)[O-])C1CCN(C)CC1. The number of allylic oxidation sites excluding steroid dienone is 1. The molecule has 0 aromatic heterocycles. The van der Waals surface area contributed by atoms with E-state index in [2.05, 4.69) is 25.5 Å². The van der Waals surface area contributed by atoms with Gasteiger partial charge in [0, 0.05) is 5.92 Å². The third-order valence-electron chi connectivity index (χ3n) is 4.23. The normalized spacial score (nSPS) is 20.4. The summed E-state index contributed by atoms with van der Waals surface area (Å²) in [5.74, 6) is -0.604. The molecule has 0 aromatic carbocycles. The highest BCUT2D eigenvalue weighted by Gasteiger charge is 2.43. The quantitative estimate of drug-likeness (QED) is 0.504. The van der Waals surface area contributed by atoms with Crippen molar-refractivity contribution in [1.82, 2.24) is 4.90 Å². The van der Waals surface area contributed by atoms with Crippen LogP contribution in [0.25, 0.3) is 0 Å². The van der Waals surface area contributed by atoms with Crippen LogP contribution in [0, 0.1) is 5.92 Å². The van der Waals surface area contributed by atoms with Crippen LogP contribution in [0.2, 0.25) is 0 Å². The Morgan fingerprint density at radius 1 is 1.40 bits per heavy atom. The van der Waals surface area contributed by atoms with Gasteiger partial charge in [-0.3, -0.25) is 0 Å². The Kier molecular flexibility index (Phi) is 6.53. The fourth-order valence-electron chi connectivity index (χ4n) is 3.07. The van der Waals surface area contributed by atoms with Gasteiger partial charge in [-0.1, -0.05) is 26.3 Å². The van der Waals surface area contributed by atoms with E-state index in [-0.39, 0.29) is 5.92 Å². The fourth-order valence-corrected chi connectivity index (χ4v) is 3.07. The lowest BCUT2D eigenvalue weighted by atomic mass is 9.77. The van der Waals surface area contributed by atoms with Crippen LogP contribution < -0.4 is 5.11 Å². The van der Waals surface area contributed by atoms with Crippen molar-refractivity contribution >= 4 is 5.97 Å². The van der Waals surface area contributed by atoms with Crippen molar-refractivity contribution in [2.75, 3.05) is 20.1 Å². The second-order valence-corrected chi connectivity index (χ2v) is 6.02. The molecule has 0 aliphatic carbocycles. The minimum atomic E-state index is -1.19. The summed E-state index contributed by atoms with van der Waals surface area (Å²) in [6.45, 7) is 9.38. The molecule has 1 atom stereocenters. The van der Waals surface area contributed by atoms with Crippen molar-refractivity contribution in [3.63, 3.8) is 0 Å². The molecule has 1 fully saturated rings. The molecule has 1 aliphatic rings. The summed E-state index contributed by atoms with van der Waals surface area (Å²) in [4.78, 5) is 14.1. The summed E-state index contributed by atoms with van der Waals surface area (Å²) in [7, 11) is 2.06. The number of carbonyl (C=O) groups excluding carboxylic acids is 1. The molecule has 20 heavy (non-hydrogen) atoms. The summed E-state index contributed by atoms with van der Waals surface area (Å²) in [6, 6.07) is 0. The maximum absolute atomic E-state index is 11.8. The van der Waals surface area contributed by atoms with E-state index in [1.807, 2.05) is 0 Å². The molecule has 1 aliphatic heterocycles. The van der Waals surface area contributed by atoms with Gasteiger partial charge in [0.05, 0.1) is 11.7 Å². The molecule has 0 aromatic rings. The molecule has 1 heterocycles. The van der Waals surface area contributed by atoms with Crippen molar-refractivity contribution in [2.24, 2.45) is 5.92 Å². The Morgan fingerprint density at radius 3 is 2.45 bits per heavy atom. The van der Waals surface area contributed by atoms with Gasteiger partial charge in [0.25, 0.3) is 0 Å². The Bertz CT molecular complexity index is 335. The summed E-state index contributed by atoms with van der Waals surface area (Å²) in [5, 5.41) is 11.8. The van der Waals surface area contributed by atoms with E-state index in [0.29, 0.717) is 12.2 Å². The molecule has 4 nitrogen and oxygen atoms in total. The predicted octanol–water partition coefficient (Wildman–Crippen LogP) is 1.95. The van der Waals surface area contributed by atoms with Crippen molar-refractivity contribution in [2.45, 2.75) is 58.0 Å². The number of piperidine rings is 1. The number of rotatable bonds is 8. The van der Waals surface area contributed by atoms with Crippen molar-refractivity contribution < 1.29 is 14.6 Å². The number of carboxylic acids is 1. The predicted molar refractivity (Wildman–Crippen MR) is 78.0 cm³/mol. The molecule has 0 bridgehead atoms. The van der Waals surface area contributed by atoms with Gasteiger partial charge in [-0.2, -0.15) is 0 Å². The highest BCUT2D eigenvalue weighted by Crippen LogP contribution is 2.36. The molecule has 4 heteroatoms. The minimum Gasteiger partial charge on any atom is -0.546 e. The summed E-state index contributed by atoms with van der Waals surface area (Å²) < 4.78 is 5.75. The first-order valence-electron chi connectivity index (χ1n) is 7.67. The first-order chi connectivity index (χ1) is 9.42. The van der Waals surface area contributed by atoms with Gasteiger partial charge < -0.3 is 19.5 Å². The number of carbonyl (C=O) groups is 1. The summed E-state index contributed by atoms with van der Waals surface area (Å²) >= 11 is 0. The zero-order chi connectivity index (χ0) is 15.2. The van der Waals surface area contributed by atoms with Crippen LogP contribution >= 0.6 is 0 Å². The van der Waals surface area contributed by atoms with Gasteiger partial charge in [-0.05, 0) is 52.7 Å². The fraction of sp³-hybridized carbons (Fsp3) is 0.812. The smallest absolute Gasteiger partial charge is 0.150 e. The zero-order valence-electron chi connectivity index (χ0n) is 13.1. The van der Waals surface area contributed by atoms with Crippen molar-refractivity contribution in [3.8, 4) is 0 Å². The third-order valence-corrected chi connectivity index (χ3v) is 4.23. The van der Waals surface area contributed by atoms with E-state index in [0.717, 1.165) is 45.2 Å². The Labute approximate surface area is 122 Å². The Balaban J connectivity index is 2.89. The van der Waals surface area contributed by atoms with Gasteiger partial charge in [-0.25, -0.2) is 0 Å². The molecule has 0 spiro atoms. The maximum atomic E-state index is 11.8. The standard InChI is InChI=1S/C16H29NO3/c1-5-6-7-10-16(15(18)19,20-13(2)3)14-8-11-17(4)12-9-14/h14H,2,5-12H2,1,3-4H3,(H,18,19)/p-1. The second-order valence-electron chi connectivity index (χ2n) is 6.02. The number of aliphatic carboxylic acids is 1. The van der Waals surface area contributed by atoms with E-state index < -0.39 is 11.6 Å². The van der Waals surface area contributed by atoms with E-state index in [9.17, 15) is 9.90 Å². The number of hydrogen-bond acceptors (Lipinski definition) is 4. The zero-order valence-corrected chi connectivity index (χ0v) is 13.1. The molecule has 116 valence electrons. The van der Waals surface area contributed by atoms with Crippen LogP contribution in [0.15, 0.2) is 12.3 Å². The Hall–Kier alpha value is -1.03. The van der Waals surface area contributed by atoms with Crippen LogP contribution in [0.1, 0.15) is 52.4 Å². The maximum Gasteiger partial charge on any atom is 0.150 e. The molecule has 0 amide bonds. The minimum absolute atomic E-state index is 0.0113. The lowest BCUT2D eigenvalue weighted by molar-refractivity contribution is -0.331. The molecule has 0 radical (unpaired) electrons. The van der Waals surface area contributed by atoms with E-state index in [1.165, 1.54) is 0 Å². The monoisotopic (exact) mass is 282 g/mol. The van der Waals surface area contributed by atoms with Crippen LogP contribution in [-0.2, 0) is 9.53 Å². The van der Waals surface area contributed by atoms with Crippen LogP contribution in [0.4, 0.5) is 0 Å². The summed E-state index contributed by atoms with van der Waals surface area (Å²) in [6.07, 6.45) is 5.12. The van der Waals surface area contributed by atoms with Crippen LogP contribution in [0.5, 0.6) is 0 Å². The number of carboxylic acid groups (broad SMARTS) is 1. The highest BCUT2D eigenvalue weighted by molar-refractivity contribution is 5.76. The highest BCUT2D eigenvalue weighted by atomic mass is 16.5. The topological polar surface area (TPSA) is 52.6 Å². The molecular weight excluding hydrogens is 254 g/mol. The average molecular weight is 282 g/mol. The van der Waals surface area contributed by atoms with Crippen molar-refractivity contribution in [1.29, 1.82) is 0 Å². The van der Waals surface area contributed by atoms with Gasteiger partial charge in [-0.15, -0.1) is 0 Å². The van der Waals surface area contributed by atoms with Gasteiger partial charge >= 0.3 is 0 Å². The molecule has 0 saturated carbocycles. The van der Waals surface area contributed by atoms with Crippen molar-refractivity contribution in [3.05, 3.63) is 12.3 Å². The third kappa shape index (κ3) is 4.23. The first-order valence-corrected chi connectivity index (χ1v) is 7.67. The lowest BCUT2D eigenvalue weighted by Gasteiger charge is -2.45. The van der Waals surface area contributed by atoms with Gasteiger partial charge in [0.15, 0.2) is 5.60 Å². The number of ether oxygens (including phenoxy) is 1. The van der Waals surface area contributed by atoms with E-state index >= 15 is 0 Å².